The van der Waals surface area contributed by atoms with Gasteiger partial charge in [0.25, 0.3) is 10.0 Å². The van der Waals surface area contributed by atoms with Crippen LogP contribution in [0.5, 0.6) is 5.75 Å². The van der Waals surface area contributed by atoms with Crippen molar-refractivity contribution in [1.82, 2.24) is 24.1 Å². The first-order valence-electron chi connectivity index (χ1n) is 9.32. The molecular formula is C19H22FN5O3S. The number of nitrogens with one attached hydrogen (secondary N) is 1. The molecule has 10 heteroatoms. The Morgan fingerprint density at radius 3 is 2.97 bits per heavy atom. The van der Waals surface area contributed by atoms with Gasteiger partial charge in [0.1, 0.15) is 11.6 Å². The molecule has 0 aliphatic carbocycles. The van der Waals surface area contributed by atoms with E-state index in [1.54, 1.807) is 23.7 Å². The molecule has 0 bridgehead atoms. The topological polar surface area (TPSA) is 93.1 Å². The van der Waals surface area contributed by atoms with E-state index < -0.39 is 10.0 Å². The average molecular weight is 419 g/mol. The Morgan fingerprint density at radius 1 is 1.34 bits per heavy atom. The zero-order chi connectivity index (χ0) is 20.4. The van der Waals surface area contributed by atoms with Gasteiger partial charge in [-0.25, -0.2) is 17.8 Å². The maximum atomic E-state index is 13.2. The Morgan fingerprint density at radius 2 is 2.21 bits per heavy atom. The number of benzene rings is 1. The molecule has 3 heterocycles. The van der Waals surface area contributed by atoms with Crippen molar-refractivity contribution in [2.45, 2.75) is 23.8 Å². The van der Waals surface area contributed by atoms with Gasteiger partial charge in [-0.3, -0.25) is 5.10 Å². The first kappa shape index (κ1) is 19.6. The molecule has 1 aromatic carbocycles. The fraction of sp³-hybridized carbons (Fsp3) is 0.368. The van der Waals surface area contributed by atoms with Gasteiger partial charge in [-0.05, 0) is 24.6 Å². The lowest BCUT2D eigenvalue weighted by Crippen LogP contribution is -2.29. The van der Waals surface area contributed by atoms with Crippen LogP contribution in [0.4, 0.5) is 4.39 Å². The molecule has 1 aliphatic heterocycles. The second kappa shape index (κ2) is 7.96. The lowest BCUT2D eigenvalue weighted by atomic mass is 10.0. The monoisotopic (exact) mass is 419 g/mol. The van der Waals surface area contributed by atoms with Crippen LogP contribution >= 0.6 is 0 Å². The molecule has 2 aromatic heterocycles. The number of hydrogen-bond acceptors (Lipinski definition) is 5. The first-order valence-corrected chi connectivity index (χ1v) is 10.8. The summed E-state index contributed by atoms with van der Waals surface area (Å²) < 4.78 is 47.2. The fourth-order valence-electron chi connectivity index (χ4n) is 3.39. The number of hydrogen-bond donors (Lipinski definition) is 1. The SMILES string of the molecule is Cn1cnc(S(=O)(=O)N2CC[C@@H](c3cc(CCOc4cccc(F)c4)[nH]n3)C2)c1. The minimum Gasteiger partial charge on any atom is -0.493 e. The molecule has 8 nitrogen and oxygen atoms in total. The van der Waals surface area contributed by atoms with E-state index in [4.69, 9.17) is 4.74 Å². The van der Waals surface area contributed by atoms with Crippen molar-refractivity contribution in [3.63, 3.8) is 0 Å². The molecule has 3 aromatic rings. The van der Waals surface area contributed by atoms with Gasteiger partial charge >= 0.3 is 0 Å². The van der Waals surface area contributed by atoms with E-state index in [-0.39, 0.29) is 16.8 Å². The van der Waals surface area contributed by atoms with Gasteiger partial charge in [0.2, 0.25) is 0 Å². The summed E-state index contributed by atoms with van der Waals surface area (Å²) in [5.41, 5.74) is 1.73. The van der Waals surface area contributed by atoms with Gasteiger partial charge in [-0.1, -0.05) is 6.07 Å². The molecule has 154 valence electrons. The first-order chi connectivity index (χ1) is 13.9. The predicted molar refractivity (Wildman–Crippen MR) is 104 cm³/mol. The largest absolute Gasteiger partial charge is 0.493 e. The minimum absolute atomic E-state index is 0.0302. The van der Waals surface area contributed by atoms with Gasteiger partial charge in [0.05, 0.1) is 18.6 Å². The average Bonchev–Trinajstić information content (AvgIpc) is 3.42. The van der Waals surface area contributed by atoms with Crippen molar-refractivity contribution in [2.75, 3.05) is 19.7 Å². The van der Waals surface area contributed by atoms with Crippen LogP contribution in [-0.2, 0) is 23.5 Å². The smallest absolute Gasteiger partial charge is 0.262 e. The van der Waals surface area contributed by atoms with E-state index in [1.807, 2.05) is 6.07 Å². The Kier molecular flexibility index (Phi) is 5.37. The summed E-state index contributed by atoms with van der Waals surface area (Å²) in [7, 11) is -1.85. The minimum atomic E-state index is -3.59. The number of aromatic amines is 1. The van der Waals surface area contributed by atoms with E-state index >= 15 is 0 Å². The molecule has 0 spiro atoms. The summed E-state index contributed by atoms with van der Waals surface area (Å²) in [4.78, 5) is 3.97. The third kappa shape index (κ3) is 4.33. The summed E-state index contributed by atoms with van der Waals surface area (Å²) in [5.74, 6) is 0.177. The van der Waals surface area contributed by atoms with Crippen LogP contribution in [0.25, 0.3) is 0 Å². The van der Waals surface area contributed by atoms with Gasteiger partial charge in [-0.15, -0.1) is 0 Å². The number of H-pyrrole nitrogens is 1. The lowest BCUT2D eigenvalue weighted by Gasteiger charge is -2.14. The summed E-state index contributed by atoms with van der Waals surface area (Å²) in [6.45, 7) is 1.20. The van der Waals surface area contributed by atoms with Crippen molar-refractivity contribution in [3.8, 4) is 5.75 Å². The Bertz CT molecular complexity index is 1090. The van der Waals surface area contributed by atoms with Crippen molar-refractivity contribution in [2.24, 2.45) is 7.05 Å². The van der Waals surface area contributed by atoms with Gasteiger partial charge < -0.3 is 9.30 Å². The molecular weight excluding hydrogens is 397 g/mol. The lowest BCUT2D eigenvalue weighted by molar-refractivity contribution is 0.319. The highest BCUT2D eigenvalue weighted by molar-refractivity contribution is 7.89. The molecule has 0 amide bonds. The number of aromatic nitrogens is 4. The van der Waals surface area contributed by atoms with Crippen LogP contribution < -0.4 is 4.74 Å². The van der Waals surface area contributed by atoms with Gasteiger partial charge in [0, 0.05) is 50.4 Å². The molecule has 1 saturated heterocycles. The number of imidazole rings is 1. The normalized spacial score (nSPS) is 17.7. The van der Waals surface area contributed by atoms with Crippen LogP contribution in [-0.4, -0.2) is 52.2 Å². The zero-order valence-corrected chi connectivity index (χ0v) is 16.8. The van der Waals surface area contributed by atoms with E-state index in [9.17, 15) is 12.8 Å². The third-order valence-corrected chi connectivity index (χ3v) is 6.69. The maximum Gasteiger partial charge on any atom is 0.262 e. The molecule has 1 atom stereocenters. The number of rotatable bonds is 7. The van der Waals surface area contributed by atoms with Crippen molar-refractivity contribution >= 4 is 10.0 Å². The molecule has 1 fully saturated rings. The van der Waals surface area contributed by atoms with Crippen molar-refractivity contribution in [3.05, 3.63) is 60.1 Å². The van der Waals surface area contributed by atoms with Crippen LogP contribution in [0.3, 0.4) is 0 Å². The second-order valence-electron chi connectivity index (χ2n) is 7.10. The highest BCUT2D eigenvalue weighted by atomic mass is 32.2. The molecule has 0 saturated carbocycles. The summed E-state index contributed by atoms with van der Waals surface area (Å²) in [6, 6.07) is 7.96. The van der Waals surface area contributed by atoms with Crippen LogP contribution in [0, 0.1) is 5.82 Å². The van der Waals surface area contributed by atoms with Gasteiger partial charge in [0.15, 0.2) is 5.03 Å². The Hall–Kier alpha value is -2.72. The zero-order valence-electron chi connectivity index (χ0n) is 16.0. The summed E-state index contributed by atoms with van der Waals surface area (Å²) >= 11 is 0. The number of halogens is 1. The fourth-order valence-corrected chi connectivity index (χ4v) is 4.86. The third-order valence-electron chi connectivity index (χ3n) is 4.94. The van der Waals surface area contributed by atoms with Crippen molar-refractivity contribution < 1.29 is 17.5 Å². The molecule has 4 rings (SSSR count). The molecule has 1 aliphatic rings. The van der Waals surface area contributed by atoms with E-state index in [0.717, 1.165) is 11.4 Å². The second-order valence-corrected chi connectivity index (χ2v) is 8.98. The molecule has 0 radical (unpaired) electrons. The van der Waals surface area contributed by atoms with Gasteiger partial charge in [-0.2, -0.15) is 9.40 Å². The van der Waals surface area contributed by atoms with E-state index in [2.05, 4.69) is 15.2 Å². The highest BCUT2D eigenvalue weighted by Gasteiger charge is 2.35. The quantitative estimate of drug-likeness (QED) is 0.633. The van der Waals surface area contributed by atoms with E-state index in [0.29, 0.717) is 38.3 Å². The van der Waals surface area contributed by atoms with Crippen LogP contribution in [0.15, 0.2) is 47.9 Å². The van der Waals surface area contributed by atoms with Crippen LogP contribution in [0.2, 0.25) is 0 Å². The number of sulfonamides is 1. The van der Waals surface area contributed by atoms with E-state index in [1.165, 1.54) is 29.0 Å². The number of ether oxygens (including phenoxy) is 1. The highest BCUT2D eigenvalue weighted by Crippen LogP contribution is 2.30. The maximum absolute atomic E-state index is 13.2. The number of aryl methyl sites for hydroxylation is 1. The Balaban J connectivity index is 1.34. The summed E-state index contributed by atoms with van der Waals surface area (Å²) in [5, 5.41) is 7.40. The Labute approximate surface area is 168 Å². The predicted octanol–water partition coefficient (Wildman–Crippen LogP) is 2.08. The molecule has 1 N–H and O–H groups in total. The molecule has 0 unspecified atom stereocenters. The molecule has 29 heavy (non-hydrogen) atoms. The number of nitrogens with zero attached hydrogens (tertiary/aromatic N) is 4. The van der Waals surface area contributed by atoms with Crippen LogP contribution in [0.1, 0.15) is 23.7 Å². The standard InChI is InChI=1S/C19H22FN5O3S/c1-24-12-19(21-13-24)29(26,27)25-7-5-14(11-25)18-10-16(22-23-18)6-8-28-17-4-2-3-15(20)9-17/h2-4,9-10,12-14H,5-8,11H2,1H3,(H,22,23)/t14-/m1/s1. The van der Waals surface area contributed by atoms with Crippen molar-refractivity contribution in [1.29, 1.82) is 0 Å². The summed E-state index contributed by atoms with van der Waals surface area (Å²) in [6.07, 6.45) is 4.28.